The van der Waals surface area contributed by atoms with E-state index in [4.69, 9.17) is 49.4 Å². The van der Waals surface area contributed by atoms with Gasteiger partial charge in [-0.15, -0.1) is 68.7 Å². The fraction of sp³-hybridized carbons (Fsp3) is 0.135. The normalized spacial score (nSPS) is 38.6. The van der Waals surface area contributed by atoms with Gasteiger partial charge < -0.3 is 49.4 Å². The lowest BCUT2D eigenvalue weighted by atomic mass is 9.95. The third kappa shape index (κ3) is 7.04. The standard InChI is InChI=1S/C37H36F6O12S2Si8/c1-10-58-44-59(11-2)47-62(14-5)49-60(12-3,45-58)51-64(16-7)52-61(13-4,46-58)50-63(15-6,48-59)54-65(53-62,55-64)23-22-29-24-30(26(8)56-29)33-34(36(40,41)37(42,43)35(33,38)39)31-25-32(57-27(31)9)28-20-18-17-19-21-28/h10-25H,1-7H2,8-9H3/b23-22+. The second kappa shape index (κ2) is 15.3. The molecule has 0 unspecified atom stereocenters. The summed E-state index contributed by atoms with van der Waals surface area (Å²) in [6, 6.07) is 10.9. The zero-order valence-corrected chi connectivity index (χ0v) is 43.8. The van der Waals surface area contributed by atoms with Gasteiger partial charge in [0.15, 0.2) is 0 Å². The molecule has 7 aliphatic rings. The van der Waals surface area contributed by atoms with Crippen LogP contribution in [0.25, 0.3) is 27.7 Å². The van der Waals surface area contributed by atoms with Crippen LogP contribution in [0.15, 0.2) is 134 Å². The molecule has 28 heteroatoms. The molecule has 6 aliphatic heterocycles. The van der Waals surface area contributed by atoms with Gasteiger partial charge in [0, 0.05) is 30.7 Å². The van der Waals surface area contributed by atoms with Gasteiger partial charge in [0.05, 0.1) is 0 Å². The summed E-state index contributed by atoms with van der Waals surface area (Å²) in [5.41, 5.74) is 6.50. The number of alkyl halides is 6. The molecule has 12 nitrogen and oxygen atoms in total. The quantitative estimate of drug-likeness (QED) is 0.127. The van der Waals surface area contributed by atoms with E-state index >= 15 is 26.3 Å². The van der Waals surface area contributed by atoms with Gasteiger partial charge in [0.1, 0.15) is 0 Å². The van der Waals surface area contributed by atoms with Crippen LogP contribution in [0.4, 0.5) is 26.3 Å². The van der Waals surface area contributed by atoms with Gasteiger partial charge in [-0.3, -0.25) is 0 Å². The second-order valence-corrected chi connectivity index (χ2v) is 40.0. The Morgan fingerprint density at radius 2 is 0.785 bits per heavy atom. The minimum absolute atomic E-state index is 0.000185. The third-order valence-electron chi connectivity index (χ3n) is 10.7. The number of halogens is 6. The average Bonchev–Trinajstić information content (AvgIpc) is 3.84. The number of hydrogen-bond acceptors (Lipinski definition) is 14. The molecule has 0 N–H and O–H groups in total. The van der Waals surface area contributed by atoms with Gasteiger partial charge in [-0.2, -0.15) is 26.3 Å². The lowest BCUT2D eigenvalue weighted by Gasteiger charge is -2.60. The molecular weight excluding hydrogens is 1040 g/mol. The molecule has 0 spiro atoms. The minimum atomic E-state index is -5.80. The zero-order chi connectivity index (χ0) is 46.9. The Morgan fingerprint density at radius 3 is 1.14 bits per heavy atom. The highest BCUT2D eigenvalue weighted by molar-refractivity contribution is 7.16. The molecule has 8 bridgehead atoms. The molecule has 0 radical (unpaired) electrons. The molecule has 6 saturated heterocycles. The van der Waals surface area contributed by atoms with Crippen molar-refractivity contribution in [3.63, 3.8) is 0 Å². The van der Waals surface area contributed by atoms with Crippen molar-refractivity contribution in [2.75, 3.05) is 0 Å². The maximum Gasteiger partial charge on any atom is 0.508 e. The first kappa shape index (κ1) is 47.2. The Bertz CT molecular complexity index is 2520. The number of hydrogen-bond donors (Lipinski definition) is 0. The van der Waals surface area contributed by atoms with Gasteiger partial charge in [-0.1, -0.05) is 30.3 Å². The third-order valence-corrected chi connectivity index (χ3v) is 44.2. The van der Waals surface area contributed by atoms with E-state index in [1.54, 1.807) is 30.3 Å². The van der Waals surface area contributed by atoms with Crippen LogP contribution < -0.4 is 0 Å². The molecule has 1 aromatic carbocycles. The predicted octanol–water partition coefficient (Wildman–Crippen LogP) is 9.33. The number of thiophene rings is 2. The van der Waals surface area contributed by atoms with Crippen molar-refractivity contribution in [3.05, 3.63) is 160 Å². The van der Waals surface area contributed by atoms with Gasteiger partial charge in [-0.05, 0) is 94.3 Å². The van der Waals surface area contributed by atoms with Crippen molar-refractivity contribution in [3.8, 4) is 10.4 Å². The maximum absolute atomic E-state index is 16.2. The van der Waals surface area contributed by atoms with E-state index in [0.717, 1.165) is 28.7 Å². The first-order valence-electron chi connectivity index (χ1n) is 19.2. The van der Waals surface area contributed by atoms with Crippen molar-refractivity contribution < 1.29 is 75.7 Å². The second-order valence-electron chi connectivity index (χ2n) is 14.9. The van der Waals surface area contributed by atoms with E-state index in [0.29, 0.717) is 10.4 Å². The summed E-state index contributed by atoms with van der Waals surface area (Å²) in [5.74, 6) is -16.4. The summed E-state index contributed by atoms with van der Waals surface area (Å²) in [4.78, 5) is 0.636. The van der Waals surface area contributed by atoms with Crippen LogP contribution in [0.2, 0.25) is 0 Å². The monoisotopic (exact) mass is 1070 g/mol. The first-order valence-corrected chi connectivity index (χ1v) is 35.3. The van der Waals surface area contributed by atoms with Crippen LogP contribution in [0.5, 0.6) is 0 Å². The Hall–Kier alpha value is -2.88. The van der Waals surface area contributed by atoms with E-state index in [1.165, 1.54) is 71.6 Å². The molecule has 65 heavy (non-hydrogen) atoms. The van der Waals surface area contributed by atoms with Crippen molar-refractivity contribution in [2.24, 2.45) is 0 Å². The van der Waals surface area contributed by atoms with E-state index in [-0.39, 0.29) is 14.6 Å². The lowest BCUT2D eigenvalue weighted by molar-refractivity contribution is -0.254. The number of allylic oxidation sites excluding steroid dienone is 2. The van der Waals surface area contributed by atoms with Crippen LogP contribution in [0, 0.1) is 13.8 Å². The van der Waals surface area contributed by atoms with Gasteiger partial charge in [-0.25, -0.2) is 0 Å². The highest BCUT2D eigenvalue weighted by atomic mass is 32.1. The van der Waals surface area contributed by atoms with Crippen LogP contribution in [-0.4, -0.2) is 88.2 Å². The highest BCUT2D eigenvalue weighted by Gasteiger charge is 2.83. The summed E-state index contributed by atoms with van der Waals surface area (Å²) in [7, 11) is -36.5. The molecule has 342 valence electrons. The van der Waals surface area contributed by atoms with Crippen molar-refractivity contribution in [1.29, 1.82) is 0 Å². The number of benzene rings is 1. The summed E-state index contributed by atoms with van der Waals surface area (Å²) in [5, 5.41) is 0. The summed E-state index contributed by atoms with van der Waals surface area (Å²) < 4.78 is 176. The van der Waals surface area contributed by atoms with Gasteiger partial charge in [0.25, 0.3) is 0 Å². The van der Waals surface area contributed by atoms with Gasteiger partial charge in [0.2, 0.25) is 0 Å². The van der Waals surface area contributed by atoms with E-state index in [1.807, 2.05) is 0 Å². The van der Waals surface area contributed by atoms with Crippen LogP contribution >= 0.6 is 22.7 Å². The SMILES string of the molecule is C=C[Si]12O[Si]3(C=C)O[Si]4(C=C)O[Si](C=C)(O1)O[Si]1(C=C)O[Si](C=C)(O2)O[Si](C=C)(O3)O[Si](/C=C/c2cc(C3=C(c5cc(-c6ccccc6)sc5C)C(F)(F)C(F)(F)C3(F)F)c(C)s2)(O4)O1. The molecule has 10 rings (SSSR count). The molecule has 6 fully saturated rings. The maximum atomic E-state index is 16.2. The molecular formula is C37H36F6O12S2Si8. The first-order chi connectivity index (χ1) is 30.5. The van der Waals surface area contributed by atoms with Crippen LogP contribution in [0.3, 0.4) is 0 Å². The Labute approximate surface area is 385 Å². The summed E-state index contributed by atoms with van der Waals surface area (Å²) in [6.07, 6.45) is 1.31. The molecule has 0 saturated carbocycles. The summed E-state index contributed by atoms with van der Waals surface area (Å²) in [6.45, 7) is 30.3. The Morgan fingerprint density at radius 1 is 0.462 bits per heavy atom. The van der Waals surface area contributed by atoms with Crippen molar-refractivity contribution in [1.82, 2.24) is 0 Å². The van der Waals surface area contributed by atoms with Crippen molar-refractivity contribution >= 4 is 110 Å². The fourth-order valence-corrected chi connectivity index (χ4v) is 50.1. The number of aryl methyl sites for hydroxylation is 2. The van der Waals surface area contributed by atoms with Crippen LogP contribution in [-0.2, 0) is 49.4 Å². The highest BCUT2D eigenvalue weighted by Crippen LogP contribution is 2.66. The topological polar surface area (TPSA) is 111 Å². The molecule has 3 aromatic rings. The Kier molecular flexibility index (Phi) is 11.1. The minimum Gasteiger partial charge on any atom is -0.367 e. The molecule has 0 amide bonds. The van der Waals surface area contributed by atoms with E-state index in [2.05, 4.69) is 46.1 Å². The Balaban J connectivity index is 1.23. The van der Waals surface area contributed by atoms with E-state index < -0.39 is 110 Å². The average molecular weight is 1080 g/mol. The number of rotatable bonds is 12. The smallest absolute Gasteiger partial charge is 0.367 e. The molecule has 0 atom stereocenters. The van der Waals surface area contributed by atoms with E-state index in [9.17, 15) is 0 Å². The zero-order valence-electron chi connectivity index (χ0n) is 34.2. The molecule has 2 aromatic heterocycles. The fourth-order valence-electron chi connectivity index (χ4n) is 7.78. The summed E-state index contributed by atoms with van der Waals surface area (Å²) >= 11 is 1.84. The molecule has 8 heterocycles. The predicted molar refractivity (Wildman–Crippen MR) is 245 cm³/mol. The van der Waals surface area contributed by atoms with Gasteiger partial charge >= 0.3 is 88.2 Å². The lowest BCUT2D eigenvalue weighted by Crippen LogP contribution is -2.87. The largest absolute Gasteiger partial charge is 0.508 e. The molecule has 1 aliphatic carbocycles. The van der Waals surface area contributed by atoms with Crippen LogP contribution in [0.1, 0.15) is 25.8 Å². The van der Waals surface area contributed by atoms with Crippen molar-refractivity contribution in [2.45, 2.75) is 31.6 Å².